The van der Waals surface area contributed by atoms with Crippen LogP contribution in [0.25, 0.3) is 10.9 Å². The molecule has 0 fully saturated rings. The number of rotatable bonds is 7. The number of Topliss-reactive ketones (excluding diaryl/α,β-unsaturated/α-hetero) is 1. The summed E-state index contributed by atoms with van der Waals surface area (Å²) in [5.41, 5.74) is 2.35. The standard InChI is InChI=1S/C22H18N2O4/c25-21(18-13-24-19-9-3-1-7-16(18)19)14-28-22(26)17-8-2-4-10-20(17)23-12-15-6-5-11-27-15/h1-11,13,23-24H,12,14H2. The van der Waals surface area contributed by atoms with E-state index < -0.39 is 5.97 Å². The fraction of sp³-hybridized carbons (Fsp3) is 0.0909. The Morgan fingerprint density at radius 1 is 0.964 bits per heavy atom. The van der Waals surface area contributed by atoms with Gasteiger partial charge in [-0.25, -0.2) is 4.79 Å². The number of esters is 1. The normalized spacial score (nSPS) is 10.7. The second kappa shape index (κ2) is 7.84. The van der Waals surface area contributed by atoms with E-state index in [4.69, 9.17) is 9.15 Å². The minimum absolute atomic E-state index is 0.258. The third kappa shape index (κ3) is 3.66. The van der Waals surface area contributed by atoms with Crippen molar-refractivity contribution in [2.75, 3.05) is 11.9 Å². The number of aromatic amines is 1. The Kier molecular flexibility index (Phi) is 4.93. The van der Waals surface area contributed by atoms with E-state index in [1.165, 1.54) is 0 Å². The molecule has 0 aliphatic carbocycles. The molecule has 0 amide bonds. The molecule has 0 spiro atoms. The SMILES string of the molecule is O=C(OCC(=O)c1c[nH]c2ccccc12)c1ccccc1NCc1ccco1. The van der Waals surface area contributed by atoms with E-state index in [0.29, 0.717) is 23.4 Å². The molecule has 0 aliphatic heterocycles. The number of fused-ring (bicyclic) bond motifs is 1. The molecule has 0 radical (unpaired) electrons. The lowest BCUT2D eigenvalue weighted by molar-refractivity contribution is 0.0476. The third-order valence-corrected chi connectivity index (χ3v) is 4.40. The van der Waals surface area contributed by atoms with Crippen LogP contribution >= 0.6 is 0 Å². The number of benzene rings is 2. The van der Waals surface area contributed by atoms with Crippen LogP contribution in [-0.2, 0) is 11.3 Å². The van der Waals surface area contributed by atoms with Gasteiger partial charge >= 0.3 is 5.97 Å². The molecule has 0 aliphatic rings. The van der Waals surface area contributed by atoms with Crippen molar-refractivity contribution in [3.63, 3.8) is 0 Å². The van der Waals surface area contributed by atoms with Crippen molar-refractivity contribution in [2.45, 2.75) is 6.54 Å². The van der Waals surface area contributed by atoms with Crippen LogP contribution in [0.2, 0.25) is 0 Å². The van der Waals surface area contributed by atoms with E-state index in [2.05, 4.69) is 10.3 Å². The number of para-hydroxylation sites is 2. The fourth-order valence-electron chi connectivity index (χ4n) is 3.00. The first-order chi connectivity index (χ1) is 13.7. The number of anilines is 1. The van der Waals surface area contributed by atoms with Gasteiger partial charge in [0.25, 0.3) is 0 Å². The molecule has 2 aromatic carbocycles. The Morgan fingerprint density at radius 2 is 1.79 bits per heavy atom. The van der Waals surface area contributed by atoms with Gasteiger partial charge in [-0.2, -0.15) is 0 Å². The second-order valence-electron chi connectivity index (χ2n) is 6.23. The predicted octanol–water partition coefficient (Wildman–Crippen LogP) is 4.41. The van der Waals surface area contributed by atoms with Gasteiger partial charge < -0.3 is 19.5 Å². The summed E-state index contributed by atoms with van der Waals surface area (Å²) in [7, 11) is 0. The van der Waals surface area contributed by atoms with Crippen LogP contribution in [0.3, 0.4) is 0 Å². The Balaban J connectivity index is 1.43. The first-order valence-electron chi connectivity index (χ1n) is 8.84. The van der Waals surface area contributed by atoms with E-state index in [0.717, 1.165) is 16.7 Å². The van der Waals surface area contributed by atoms with Crippen LogP contribution in [-0.4, -0.2) is 23.3 Å². The first-order valence-corrected chi connectivity index (χ1v) is 8.84. The summed E-state index contributed by atoms with van der Waals surface area (Å²) in [4.78, 5) is 28.1. The number of nitrogens with one attached hydrogen (secondary N) is 2. The summed E-state index contributed by atoms with van der Waals surface area (Å²) in [5, 5.41) is 3.96. The number of furan rings is 1. The van der Waals surface area contributed by atoms with E-state index in [9.17, 15) is 9.59 Å². The molecule has 2 N–H and O–H groups in total. The molecule has 2 aromatic heterocycles. The van der Waals surface area contributed by atoms with Gasteiger partial charge in [-0.05, 0) is 30.3 Å². The quantitative estimate of drug-likeness (QED) is 0.370. The highest BCUT2D eigenvalue weighted by atomic mass is 16.5. The monoisotopic (exact) mass is 374 g/mol. The Morgan fingerprint density at radius 3 is 2.64 bits per heavy atom. The van der Waals surface area contributed by atoms with Crippen molar-refractivity contribution in [2.24, 2.45) is 0 Å². The first kappa shape index (κ1) is 17.6. The van der Waals surface area contributed by atoms with Gasteiger partial charge in [0.1, 0.15) is 5.76 Å². The molecule has 6 heteroatoms. The van der Waals surface area contributed by atoms with Gasteiger partial charge in [0.05, 0.1) is 18.4 Å². The van der Waals surface area contributed by atoms with Crippen LogP contribution in [0, 0.1) is 0 Å². The minimum atomic E-state index is -0.560. The number of ketones is 1. The van der Waals surface area contributed by atoms with Crippen molar-refractivity contribution in [3.8, 4) is 0 Å². The van der Waals surface area contributed by atoms with E-state index >= 15 is 0 Å². The van der Waals surface area contributed by atoms with Gasteiger partial charge in [-0.1, -0.05) is 30.3 Å². The van der Waals surface area contributed by atoms with Crippen LogP contribution < -0.4 is 5.32 Å². The smallest absolute Gasteiger partial charge is 0.340 e. The summed E-state index contributed by atoms with van der Waals surface area (Å²) < 4.78 is 10.6. The zero-order valence-corrected chi connectivity index (χ0v) is 15.0. The molecular formula is C22H18N2O4. The number of hydrogen-bond acceptors (Lipinski definition) is 5. The number of aromatic nitrogens is 1. The highest BCUT2D eigenvalue weighted by molar-refractivity contribution is 6.09. The summed E-state index contributed by atoms with van der Waals surface area (Å²) in [5.74, 6) is -0.0692. The number of ether oxygens (including phenoxy) is 1. The zero-order valence-electron chi connectivity index (χ0n) is 15.0. The zero-order chi connectivity index (χ0) is 19.3. The highest BCUT2D eigenvalue weighted by Crippen LogP contribution is 2.20. The number of carbonyl (C=O) groups excluding carboxylic acids is 2. The van der Waals surface area contributed by atoms with E-state index in [1.54, 1.807) is 36.7 Å². The molecule has 28 heavy (non-hydrogen) atoms. The molecular weight excluding hydrogens is 356 g/mol. The topological polar surface area (TPSA) is 84.3 Å². The van der Waals surface area contributed by atoms with Crippen LogP contribution in [0.15, 0.2) is 77.5 Å². The molecule has 2 heterocycles. The molecule has 0 saturated heterocycles. The Labute approximate surface area is 161 Å². The predicted molar refractivity (Wildman–Crippen MR) is 105 cm³/mol. The van der Waals surface area contributed by atoms with Crippen molar-refractivity contribution in [1.29, 1.82) is 0 Å². The Bertz CT molecular complexity index is 1110. The molecule has 0 saturated carbocycles. The van der Waals surface area contributed by atoms with Crippen molar-refractivity contribution in [1.82, 2.24) is 4.98 Å². The molecule has 0 bridgehead atoms. The van der Waals surface area contributed by atoms with E-state index in [1.807, 2.05) is 36.4 Å². The van der Waals surface area contributed by atoms with E-state index in [-0.39, 0.29) is 12.4 Å². The molecule has 0 unspecified atom stereocenters. The number of hydrogen-bond donors (Lipinski definition) is 2. The average molecular weight is 374 g/mol. The summed E-state index contributed by atoms with van der Waals surface area (Å²) in [6.07, 6.45) is 3.23. The maximum absolute atomic E-state index is 12.5. The van der Waals surface area contributed by atoms with Crippen LogP contribution in [0.5, 0.6) is 0 Å². The van der Waals surface area contributed by atoms with Gasteiger partial charge in [0.15, 0.2) is 6.61 Å². The third-order valence-electron chi connectivity index (χ3n) is 4.40. The fourth-order valence-corrected chi connectivity index (χ4v) is 3.00. The maximum atomic E-state index is 12.5. The molecule has 4 aromatic rings. The molecule has 4 rings (SSSR count). The van der Waals surface area contributed by atoms with Crippen LogP contribution in [0.4, 0.5) is 5.69 Å². The minimum Gasteiger partial charge on any atom is -0.467 e. The average Bonchev–Trinajstić information content (AvgIpc) is 3.40. The second-order valence-corrected chi connectivity index (χ2v) is 6.23. The number of carbonyl (C=O) groups is 2. The lowest BCUT2D eigenvalue weighted by atomic mass is 10.1. The largest absolute Gasteiger partial charge is 0.467 e. The van der Waals surface area contributed by atoms with Crippen molar-refractivity contribution < 1.29 is 18.7 Å². The van der Waals surface area contributed by atoms with Gasteiger partial charge in [-0.15, -0.1) is 0 Å². The van der Waals surface area contributed by atoms with Gasteiger partial charge in [-0.3, -0.25) is 4.79 Å². The summed E-state index contributed by atoms with van der Waals surface area (Å²) >= 11 is 0. The Hall–Kier alpha value is -3.80. The molecule has 140 valence electrons. The molecule has 0 atom stereocenters. The van der Waals surface area contributed by atoms with Gasteiger partial charge in [0, 0.05) is 28.4 Å². The lowest BCUT2D eigenvalue weighted by Crippen LogP contribution is -2.15. The summed E-state index contributed by atoms with van der Waals surface area (Å²) in [6.45, 7) is 0.110. The number of H-pyrrole nitrogens is 1. The van der Waals surface area contributed by atoms with Crippen LogP contribution in [0.1, 0.15) is 26.5 Å². The molecule has 6 nitrogen and oxygen atoms in total. The van der Waals surface area contributed by atoms with Crippen molar-refractivity contribution >= 4 is 28.3 Å². The summed E-state index contributed by atoms with van der Waals surface area (Å²) in [6, 6.07) is 18.1. The van der Waals surface area contributed by atoms with Gasteiger partial charge in [0.2, 0.25) is 5.78 Å². The maximum Gasteiger partial charge on any atom is 0.340 e. The van der Waals surface area contributed by atoms with Crippen molar-refractivity contribution in [3.05, 3.63) is 90.0 Å². The highest BCUT2D eigenvalue weighted by Gasteiger charge is 2.17. The lowest BCUT2D eigenvalue weighted by Gasteiger charge is -2.10.